The number of imidazole rings is 1. The molecule has 0 aliphatic carbocycles. The molecule has 2 bridgehead atoms. The molecule has 3 rings (SSSR count). The summed E-state index contributed by atoms with van der Waals surface area (Å²) in [5.41, 5.74) is 0. The number of nitrogens with one attached hydrogen (secondary N) is 1. The Labute approximate surface area is 121 Å². The van der Waals surface area contributed by atoms with Gasteiger partial charge in [-0.1, -0.05) is 6.92 Å². The molecule has 3 heterocycles. The molecular formula is C16H27N3O. The van der Waals surface area contributed by atoms with Gasteiger partial charge >= 0.3 is 0 Å². The highest BCUT2D eigenvalue weighted by atomic mass is 16.5. The molecule has 4 nitrogen and oxygen atoms in total. The van der Waals surface area contributed by atoms with E-state index >= 15 is 0 Å². The van der Waals surface area contributed by atoms with Crippen molar-refractivity contribution in [2.24, 2.45) is 13.0 Å². The summed E-state index contributed by atoms with van der Waals surface area (Å²) in [6.45, 7) is 3.35. The number of ether oxygens (including phenoxy) is 1. The quantitative estimate of drug-likeness (QED) is 0.831. The number of rotatable bonds is 7. The van der Waals surface area contributed by atoms with Crippen LogP contribution < -0.4 is 5.32 Å². The summed E-state index contributed by atoms with van der Waals surface area (Å²) in [6.07, 6.45) is 12.2. The molecule has 0 aromatic carbocycles. The second-order valence-electron chi connectivity index (χ2n) is 6.33. The van der Waals surface area contributed by atoms with Crippen LogP contribution in [0.3, 0.4) is 0 Å². The zero-order valence-corrected chi connectivity index (χ0v) is 12.7. The molecule has 2 aliphatic heterocycles. The van der Waals surface area contributed by atoms with E-state index in [0.29, 0.717) is 24.2 Å². The fourth-order valence-electron chi connectivity index (χ4n) is 3.82. The monoisotopic (exact) mass is 277 g/mol. The number of fused-ring (bicyclic) bond motifs is 2. The van der Waals surface area contributed by atoms with E-state index in [0.717, 1.165) is 13.0 Å². The fourth-order valence-corrected chi connectivity index (χ4v) is 3.82. The molecule has 1 aromatic heterocycles. The van der Waals surface area contributed by atoms with E-state index in [1.54, 1.807) is 0 Å². The molecule has 2 saturated heterocycles. The van der Waals surface area contributed by atoms with Gasteiger partial charge in [0.2, 0.25) is 0 Å². The number of aryl methyl sites for hydroxylation is 2. The van der Waals surface area contributed by atoms with Gasteiger partial charge in [0.05, 0.1) is 12.2 Å². The third-order valence-corrected chi connectivity index (χ3v) is 4.93. The summed E-state index contributed by atoms with van der Waals surface area (Å²) >= 11 is 0. The molecule has 4 unspecified atom stereocenters. The lowest BCUT2D eigenvalue weighted by Crippen LogP contribution is -2.41. The average molecular weight is 277 g/mol. The first-order chi connectivity index (χ1) is 9.78. The molecule has 0 saturated carbocycles. The number of hydrogen-bond donors (Lipinski definition) is 1. The lowest BCUT2D eigenvalue weighted by Gasteiger charge is -2.29. The minimum absolute atomic E-state index is 0.510. The van der Waals surface area contributed by atoms with E-state index in [1.807, 2.05) is 12.4 Å². The van der Waals surface area contributed by atoms with Crippen LogP contribution >= 0.6 is 0 Å². The Morgan fingerprint density at radius 3 is 3.00 bits per heavy atom. The van der Waals surface area contributed by atoms with Crippen molar-refractivity contribution in [3.05, 3.63) is 18.2 Å². The molecule has 0 radical (unpaired) electrons. The van der Waals surface area contributed by atoms with Gasteiger partial charge in [-0.2, -0.15) is 0 Å². The summed E-state index contributed by atoms with van der Waals surface area (Å²) in [4.78, 5) is 4.45. The van der Waals surface area contributed by atoms with Crippen LogP contribution in [0, 0.1) is 5.92 Å². The van der Waals surface area contributed by atoms with Gasteiger partial charge in [-0.05, 0) is 38.6 Å². The smallest absolute Gasteiger partial charge is 0.108 e. The van der Waals surface area contributed by atoms with Crippen molar-refractivity contribution in [3.8, 4) is 0 Å². The lowest BCUT2D eigenvalue weighted by atomic mass is 9.82. The summed E-state index contributed by atoms with van der Waals surface area (Å²) in [5.74, 6) is 1.90. The molecule has 0 spiro atoms. The van der Waals surface area contributed by atoms with Crippen LogP contribution in [0.2, 0.25) is 0 Å². The molecule has 2 aliphatic rings. The first kappa shape index (κ1) is 14.1. The van der Waals surface area contributed by atoms with Crippen molar-refractivity contribution >= 4 is 0 Å². The first-order valence-corrected chi connectivity index (χ1v) is 8.13. The van der Waals surface area contributed by atoms with E-state index in [9.17, 15) is 0 Å². The Morgan fingerprint density at radius 1 is 1.50 bits per heavy atom. The van der Waals surface area contributed by atoms with E-state index in [1.165, 1.54) is 37.9 Å². The summed E-state index contributed by atoms with van der Waals surface area (Å²) in [7, 11) is 2.08. The summed E-state index contributed by atoms with van der Waals surface area (Å²) < 4.78 is 8.18. The maximum Gasteiger partial charge on any atom is 0.108 e. The minimum Gasteiger partial charge on any atom is -0.375 e. The van der Waals surface area contributed by atoms with Crippen LogP contribution in [0.5, 0.6) is 0 Å². The van der Waals surface area contributed by atoms with Crippen LogP contribution in [-0.4, -0.2) is 34.3 Å². The predicted octanol–water partition coefficient (Wildman–Crippen LogP) is 2.29. The predicted molar refractivity (Wildman–Crippen MR) is 79.6 cm³/mol. The highest BCUT2D eigenvalue weighted by Gasteiger charge is 2.43. The zero-order chi connectivity index (χ0) is 13.9. The maximum absolute atomic E-state index is 6.05. The molecule has 2 fully saturated rings. The molecule has 1 aromatic rings. The second-order valence-corrected chi connectivity index (χ2v) is 6.33. The average Bonchev–Trinajstić information content (AvgIpc) is 3.16. The maximum atomic E-state index is 6.05. The van der Waals surface area contributed by atoms with Crippen molar-refractivity contribution in [2.75, 3.05) is 6.54 Å². The fraction of sp³-hybridized carbons (Fsp3) is 0.812. The number of aromatic nitrogens is 2. The first-order valence-electron chi connectivity index (χ1n) is 8.13. The van der Waals surface area contributed by atoms with E-state index in [2.05, 4.69) is 28.8 Å². The SMILES string of the molecule is CCCNC(CCc1nccn1C)C1CC2CCC1O2. The molecule has 4 heteroatoms. The lowest BCUT2D eigenvalue weighted by molar-refractivity contribution is 0.0849. The Balaban J connectivity index is 1.59. The molecule has 0 amide bonds. The zero-order valence-electron chi connectivity index (χ0n) is 12.7. The Bertz CT molecular complexity index is 431. The largest absolute Gasteiger partial charge is 0.375 e. The van der Waals surface area contributed by atoms with Crippen molar-refractivity contribution in [1.29, 1.82) is 0 Å². The van der Waals surface area contributed by atoms with Gasteiger partial charge in [0.25, 0.3) is 0 Å². The van der Waals surface area contributed by atoms with E-state index in [-0.39, 0.29) is 0 Å². The van der Waals surface area contributed by atoms with Crippen molar-refractivity contribution in [3.63, 3.8) is 0 Å². The Morgan fingerprint density at radius 2 is 2.40 bits per heavy atom. The van der Waals surface area contributed by atoms with E-state index < -0.39 is 0 Å². The topological polar surface area (TPSA) is 39.1 Å². The molecule has 20 heavy (non-hydrogen) atoms. The van der Waals surface area contributed by atoms with Crippen LogP contribution in [0.25, 0.3) is 0 Å². The van der Waals surface area contributed by atoms with Crippen molar-refractivity contribution in [2.45, 2.75) is 63.7 Å². The molecule has 112 valence electrons. The van der Waals surface area contributed by atoms with Crippen molar-refractivity contribution < 1.29 is 4.74 Å². The molecule has 4 atom stereocenters. The number of hydrogen-bond acceptors (Lipinski definition) is 3. The highest BCUT2D eigenvalue weighted by Crippen LogP contribution is 2.41. The van der Waals surface area contributed by atoms with Crippen LogP contribution in [0.1, 0.15) is 44.9 Å². The molecular weight excluding hydrogens is 250 g/mol. The molecule has 1 N–H and O–H groups in total. The Hall–Kier alpha value is -0.870. The standard InChI is InChI=1S/C16H27N3O/c1-3-8-17-14(5-7-16-18-9-10-19(16)2)13-11-12-4-6-15(13)20-12/h9-10,12-15,17H,3-8,11H2,1-2H3. The second kappa shape index (κ2) is 6.27. The van der Waals surface area contributed by atoms with Crippen LogP contribution in [0.4, 0.5) is 0 Å². The van der Waals surface area contributed by atoms with Crippen LogP contribution in [-0.2, 0) is 18.2 Å². The normalized spacial score (nSPS) is 30.0. The summed E-state index contributed by atoms with van der Waals surface area (Å²) in [6, 6.07) is 0.585. The number of nitrogens with zero attached hydrogens (tertiary/aromatic N) is 2. The van der Waals surface area contributed by atoms with Gasteiger partial charge in [-0.25, -0.2) is 4.98 Å². The van der Waals surface area contributed by atoms with Crippen molar-refractivity contribution in [1.82, 2.24) is 14.9 Å². The van der Waals surface area contributed by atoms with Gasteiger partial charge in [0, 0.05) is 37.8 Å². The van der Waals surface area contributed by atoms with Gasteiger partial charge in [0.1, 0.15) is 5.82 Å². The van der Waals surface area contributed by atoms with E-state index in [4.69, 9.17) is 4.74 Å². The van der Waals surface area contributed by atoms with Gasteiger partial charge in [0.15, 0.2) is 0 Å². The van der Waals surface area contributed by atoms with Gasteiger partial charge in [-0.3, -0.25) is 0 Å². The summed E-state index contributed by atoms with van der Waals surface area (Å²) in [5, 5.41) is 3.76. The van der Waals surface area contributed by atoms with Gasteiger partial charge < -0.3 is 14.6 Å². The van der Waals surface area contributed by atoms with Crippen LogP contribution in [0.15, 0.2) is 12.4 Å². The van der Waals surface area contributed by atoms with Gasteiger partial charge in [-0.15, -0.1) is 0 Å². The minimum atomic E-state index is 0.510. The third-order valence-electron chi connectivity index (χ3n) is 4.93. The highest BCUT2D eigenvalue weighted by molar-refractivity contribution is 4.98. The third kappa shape index (κ3) is 2.91. The Kier molecular flexibility index (Phi) is 4.41.